The van der Waals surface area contributed by atoms with Gasteiger partial charge in [-0.1, -0.05) is 39.0 Å². The molecule has 0 aliphatic carbocycles. The summed E-state index contributed by atoms with van der Waals surface area (Å²) >= 11 is 0. The van der Waals surface area contributed by atoms with Crippen molar-refractivity contribution in [2.45, 2.75) is 45.4 Å². The Morgan fingerprint density at radius 2 is 1.46 bits per heavy atom. The Morgan fingerprint density at radius 3 is 2.00 bits per heavy atom. The van der Waals surface area contributed by atoms with E-state index in [2.05, 4.69) is 6.92 Å². The van der Waals surface area contributed by atoms with Crippen molar-refractivity contribution in [1.82, 2.24) is 9.34 Å². The van der Waals surface area contributed by atoms with Gasteiger partial charge in [-0.3, -0.25) is 0 Å². The number of hydrogen-bond donors (Lipinski definition) is 0. The van der Waals surface area contributed by atoms with Gasteiger partial charge in [0.1, 0.15) is 5.75 Å². The molecule has 0 heterocycles. The SMILES string of the molecule is CCCCCCCCOC(=O)c1ccc(OP(=O)(N(C)C)N(C)C)cc1. The summed E-state index contributed by atoms with van der Waals surface area (Å²) in [5, 5.41) is 0. The fourth-order valence-corrected chi connectivity index (χ4v) is 3.88. The molecule has 1 aromatic carbocycles. The van der Waals surface area contributed by atoms with Crippen molar-refractivity contribution < 1.29 is 18.6 Å². The van der Waals surface area contributed by atoms with Gasteiger partial charge in [-0.05, 0) is 58.9 Å². The van der Waals surface area contributed by atoms with Gasteiger partial charge in [0.25, 0.3) is 0 Å². The molecule has 1 aromatic rings. The molecule has 0 aromatic heterocycles. The van der Waals surface area contributed by atoms with Crippen LogP contribution in [0.5, 0.6) is 5.75 Å². The van der Waals surface area contributed by atoms with Gasteiger partial charge in [-0.25, -0.2) is 18.7 Å². The van der Waals surface area contributed by atoms with Crippen LogP contribution in [0.3, 0.4) is 0 Å². The van der Waals surface area contributed by atoms with Crippen LogP contribution >= 0.6 is 7.67 Å². The summed E-state index contributed by atoms with van der Waals surface area (Å²) in [6, 6.07) is 6.55. The minimum absolute atomic E-state index is 0.339. The van der Waals surface area contributed by atoms with E-state index in [1.165, 1.54) is 25.7 Å². The van der Waals surface area contributed by atoms with E-state index in [9.17, 15) is 9.36 Å². The van der Waals surface area contributed by atoms with E-state index in [1.807, 2.05) is 0 Å². The van der Waals surface area contributed by atoms with E-state index in [1.54, 1.807) is 61.8 Å². The van der Waals surface area contributed by atoms with Gasteiger partial charge in [-0.15, -0.1) is 0 Å². The highest BCUT2D eigenvalue weighted by molar-refractivity contribution is 7.54. The summed E-state index contributed by atoms with van der Waals surface area (Å²) in [7, 11) is 3.71. The lowest BCUT2D eigenvalue weighted by atomic mass is 10.1. The zero-order chi connectivity index (χ0) is 19.6. The summed E-state index contributed by atoms with van der Waals surface area (Å²) in [6.45, 7) is 2.64. The maximum absolute atomic E-state index is 12.8. The van der Waals surface area contributed by atoms with Gasteiger partial charge in [0.15, 0.2) is 0 Å². The average molecular weight is 384 g/mol. The smallest absolute Gasteiger partial charge is 0.394 e. The average Bonchev–Trinajstić information content (AvgIpc) is 2.61. The molecule has 0 N–H and O–H groups in total. The van der Waals surface area contributed by atoms with Gasteiger partial charge >= 0.3 is 13.6 Å². The van der Waals surface area contributed by atoms with Crippen LogP contribution in [0.2, 0.25) is 0 Å². The molecule has 26 heavy (non-hydrogen) atoms. The Kier molecular flexibility index (Phi) is 9.92. The molecule has 0 fully saturated rings. The molecular weight excluding hydrogens is 351 g/mol. The van der Waals surface area contributed by atoms with Crippen LogP contribution in [-0.4, -0.2) is 50.1 Å². The van der Waals surface area contributed by atoms with Crippen molar-refractivity contribution in [3.63, 3.8) is 0 Å². The number of esters is 1. The maximum atomic E-state index is 12.8. The minimum Gasteiger partial charge on any atom is -0.462 e. The highest BCUT2D eigenvalue weighted by atomic mass is 31.2. The predicted molar refractivity (Wildman–Crippen MR) is 106 cm³/mol. The highest BCUT2D eigenvalue weighted by Gasteiger charge is 2.31. The Labute approximate surface area is 158 Å². The molecule has 0 radical (unpaired) electrons. The number of hydrogen-bond acceptors (Lipinski definition) is 4. The molecule has 0 atom stereocenters. The summed E-state index contributed by atoms with van der Waals surface area (Å²) < 4.78 is 26.9. The van der Waals surface area contributed by atoms with Crippen molar-refractivity contribution in [3.05, 3.63) is 29.8 Å². The second-order valence-corrected chi connectivity index (χ2v) is 9.47. The zero-order valence-electron chi connectivity index (χ0n) is 16.7. The first kappa shape index (κ1) is 22.7. The predicted octanol–water partition coefficient (Wildman–Crippen LogP) is 4.81. The Morgan fingerprint density at radius 1 is 0.923 bits per heavy atom. The largest absolute Gasteiger partial charge is 0.462 e. The van der Waals surface area contributed by atoms with E-state index < -0.39 is 7.67 Å². The number of nitrogens with zero attached hydrogens (tertiary/aromatic N) is 2. The second kappa shape index (κ2) is 11.4. The lowest BCUT2D eigenvalue weighted by molar-refractivity contribution is 0.0497. The van der Waals surface area contributed by atoms with E-state index in [4.69, 9.17) is 9.26 Å². The van der Waals surface area contributed by atoms with Crippen molar-refractivity contribution in [3.8, 4) is 5.75 Å². The monoisotopic (exact) mass is 384 g/mol. The standard InChI is InChI=1S/C19H33N2O4P/c1-6-7-8-9-10-11-16-24-19(22)17-12-14-18(15-13-17)25-26(23,20(2)3)21(4)5/h12-15H,6-11,16H2,1-5H3. The molecular formula is C19H33N2O4P. The number of rotatable bonds is 12. The fraction of sp³-hybridized carbons (Fsp3) is 0.632. The number of benzene rings is 1. The van der Waals surface area contributed by atoms with E-state index in [0.717, 1.165) is 12.8 Å². The fourth-order valence-electron chi connectivity index (χ4n) is 2.44. The molecule has 1 rings (SSSR count). The van der Waals surface area contributed by atoms with Crippen LogP contribution in [0.1, 0.15) is 55.8 Å². The molecule has 7 heteroatoms. The van der Waals surface area contributed by atoms with E-state index in [-0.39, 0.29) is 5.97 Å². The first-order valence-electron chi connectivity index (χ1n) is 9.23. The number of unbranched alkanes of at least 4 members (excludes halogenated alkanes) is 5. The summed E-state index contributed by atoms with van der Waals surface area (Å²) in [5.74, 6) is 0.108. The van der Waals surface area contributed by atoms with E-state index in [0.29, 0.717) is 17.9 Å². The maximum Gasteiger partial charge on any atom is 0.394 e. The molecule has 0 bridgehead atoms. The van der Waals surface area contributed by atoms with Crippen LogP contribution in [-0.2, 0) is 9.30 Å². The van der Waals surface area contributed by atoms with Crippen LogP contribution in [0, 0.1) is 0 Å². The second-order valence-electron chi connectivity index (χ2n) is 6.70. The molecule has 6 nitrogen and oxygen atoms in total. The lowest BCUT2D eigenvalue weighted by Gasteiger charge is -2.29. The van der Waals surface area contributed by atoms with Gasteiger partial charge in [0.05, 0.1) is 12.2 Å². The Balaban J connectivity index is 2.49. The van der Waals surface area contributed by atoms with Crippen LogP contribution < -0.4 is 4.52 Å². The van der Waals surface area contributed by atoms with Gasteiger partial charge in [0.2, 0.25) is 0 Å². The topological polar surface area (TPSA) is 59.1 Å². The van der Waals surface area contributed by atoms with Crippen molar-refractivity contribution >= 4 is 13.6 Å². The molecule has 0 aliphatic heterocycles. The quantitative estimate of drug-likeness (QED) is 0.293. The molecule has 0 amide bonds. The Bertz CT molecular complexity index is 576. The van der Waals surface area contributed by atoms with Gasteiger partial charge in [-0.2, -0.15) is 0 Å². The summed E-state index contributed by atoms with van der Waals surface area (Å²) in [4.78, 5) is 12.1. The third-order valence-electron chi connectivity index (χ3n) is 4.06. The first-order valence-corrected chi connectivity index (χ1v) is 10.8. The number of carbonyl (C=O) groups excluding carboxylic acids is 1. The zero-order valence-corrected chi connectivity index (χ0v) is 17.6. The van der Waals surface area contributed by atoms with E-state index >= 15 is 0 Å². The van der Waals surface area contributed by atoms with Crippen LogP contribution in [0.25, 0.3) is 0 Å². The van der Waals surface area contributed by atoms with Crippen LogP contribution in [0.4, 0.5) is 0 Å². The van der Waals surface area contributed by atoms with Gasteiger partial charge in [0, 0.05) is 0 Å². The minimum atomic E-state index is -3.11. The lowest BCUT2D eigenvalue weighted by Crippen LogP contribution is -2.24. The molecule has 148 valence electrons. The highest BCUT2D eigenvalue weighted by Crippen LogP contribution is 2.50. The van der Waals surface area contributed by atoms with Crippen LogP contribution in [0.15, 0.2) is 24.3 Å². The Hall–Kier alpha value is -1.36. The first-order chi connectivity index (χ1) is 12.3. The molecule has 0 saturated carbocycles. The molecule has 0 unspecified atom stereocenters. The number of carbonyl (C=O) groups is 1. The third kappa shape index (κ3) is 7.10. The molecule has 0 saturated heterocycles. The number of ether oxygens (including phenoxy) is 1. The summed E-state index contributed by atoms with van der Waals surface area (Å²) in [5.41, 5.74) is 0.466. The summed E-state index contributed by atoms with van der Waals surface area (Å²) in [6.07, 6.45) is 6.91. The van der Waals surface area contributed by atoms with Crippen molar-refractivity contribution in [2.75, 3.05) is 34.8 Å². The van der Waals surface area contributed by atoms with Crippen molar-refractivity contribution in [1.29, 1.82) is 0 Å². The normalized spacial score (nSPS) is 11.8. The van der Waals surface area contributed by atoms with Crippen molar-refractivity contribution in [2.24, 2.45) is 0 Å². The van der Waals surface area contributed by atoms with Gasteiger partial charge < -0.3 is 9.26 Å². The third-order valence-corrected chi connectivity index (χ3v) is 6.53. The molecule has 0 aliphatic rings. The molecule has 0 spiro atoms.